The monoisotopic (exact) mass is 396 g/mol. The normalized spacial score (nSPS) is 17.1. The van der Waals surface area contributed by atoms with E-state index in [0.29, 0.717) is 24.7 Å². The predicted octanol–water partition coefficient (Wildman–Crippen LogP) is 3.74. The van der Waals surface area contributed by atoms with Crippen LogP contribution in [0, 0.1) is 0 Å². The molecule has 0 radical (unpaired) electrons. The van der Waals surface area contributed by atoms with Crippen molar-refractivity contribution >= 4 is 17.5 Å². The molecule has 1 atom stereocenters. The first-order chi connectivity index (χ1) is 13.0. The zero-order chi connectivity index (χ0) is 19.4. The van der Waals surface area contributed by atoms with Crippen molar-refractivity contribution in [1.82, 2.24) is 10.2 Å². The molecule has 1 heterocycles. The van der Waals surface area contributed by atoms with Crippen molar-refractivity contribution in [3.63, 3.8) is 0 Å². The molecule has 0 bridgehead atoms. The van der Waals surface area contributed by atoms with Gasteiger partial charge in [-0.05, 0) is 29.8 Å². The van der Waals surface area contributed by atoms with Crippen molar-refractivity contribution in [2.75, 3.05) is 26.7 Å². The Bertz CT molecular complexity index is 819. The lowest BCUT2D eigenvalue weighted by molar-refractivity contribution is -0.0512. The third-order valence-electron chi connectivity index (χ3n) is 4.40. The first-order valence-corrected chi connectivity index (χ1v) is 8.78. The minimum atomic E-state index is -3.01. The van der Waals surface area contributed by atoms with Gasteiger partial charge in [-0.15, -0.1) is 0 Å². The minimum absolute atomic E-state index is 0.134. The van der Waals surface area contributed by atoms with E-state index in [4.69, 9.17) is 16.3 Å². The molecule has 0 aromatic heterocycles. The highest BCUT2D eigenvalue weighted by Crippen LogP contribution is 2.33. The lowest BCUT2D eigenvalue weighted by Crippen LogP contribution is -2.48. The average Bonchev–Trinajstić information content (AvgIpc) is 2.67. The highest BCUT2D eigenvalue weighted by molar-refractivity contribution is 6.31. The second-order valence-corrected chi connectivity index (χ2v) is 6.39. The van der Waals surface area contributed by atoms with Crippen molar-refractivity contribution in [3.8, 4) is 11.5 Å². The first-order valence-electron chi connectivity index (χ1n) is 8.40. The molecule has 2 aromatic carbocycles. The molecule has 144 valence electrons. The van der Waals surface area contributed by atoms with Crippen LogP contribution in [-0.2, 0) is 0 Å². The Morgan fingerprint density at radius 2 is 2.04 bits per heavy atom. The standard InChI is InChI=1S/C19H19ClF2N2O3/c1-26-16-7-6-12(10-17(16)27-19(21)22)18(25)24-9-8-23-11-15(24)13-4-2-3-5-14(13)20/h2-7,10,15,19,23H,8-9,11H2,1H3. The van der Waals surface area contributed by atoms with Crippen LogP contribution in [0.25, 0.3) is 0 Å². The van der Waals surface area contributed by atoms with E-state index in [2.05, 4.69) is 10.1 Å². The molecule has 1 amide bonds. The summed E-state index contributed by atoms with van der Waals surface area (Å²) in [5.41, 5.74) is 1.07. The smallest absolute Gasteiger partial charge is 0.387 e. The number of carbonyl (C=O) groups excluding carboxylic acids is 1. The third kappa shape index (κ3) is 4.31. The molecule has 1 unspecified atom stereocenters. The Morgan fingerprint density at radius 3 is 2.74 bits per heavy atom. The molecule has 8 heteroatoms. The van der Waals surface area contributed by atoms with Crippen LogP contribution >= 0.6 is 11.6 Å². The Kier molecular flexibility index (Phi) is 6.13. The molecule has 1 aliphatic heterocycles. The number of hydrogen-bond donors (Lipinski definition) is 1. The van der Waals surface area contributed by atoms with Gasteiger partial charge in [-0.3, -0.25) is 4.79 Å². The summed E-state index contributed by atoms with van der Waals surface area (Å²) in [4.78, 5) is 14.8. The van der Waals surface area contributed by atoms with E-state index in [-0.39, 0.29) is 29.0 Å². The lowest BCUT2D eigenvalue weighted by Gasteiger charge is -2.37. The van der Waals surface area contributed by atoms with E-state index in [1.165, 1.54) is 25.3 Å². The molecule has 5 nitrogen and oxygen atoms in total. The molecular weight excluding hydrogens is 378 g/mol. The molecule has 1 aliphatic rings. The van der Waals surface area contributed by atoms with Crippen molar-refractivity contribution in [2.45, 2.75) is 12.7 Å². The van der Waals surface area contributed by atoms with Crippen molar-refractivity contribution in [1.29, 1.82) is 0 Å². The van der Waals surface area contributed by atoms with Crippen LogP contribution in [0.5, 0.6) is 11.5 Å². The number of methoxy groups -OCH3 is 1. The fourth-order valence-electron chi connectivity index (χ4n) is 3.13. The SMILES string of the molecule is COc1ccc(C(=O)N2CCNCC2c2ccccc2Cl)cc1OC(F)F. The first kappa shape index (κ1) is 19.4. The second-order valence-electron chi connectivity index (χ2n) is 5.98. The van der Waals surface area contributed by atoms with Crippen LogP contribution in [0.1, 0.15) is 22.0 Å². The molecule has 27 heavy (non-hydrogen) atoms. The number of piperazine rings is 1. The van der Waals surface area contributed by atoms with Crippen LogP contribution in [0.3, 0.4) is 0 Å². The maximum Gasteiger partial charge on any atom is 0.387 e. The van der Waals surface area contributed by atoms with Crippen LogP contribution in [-0.4, -0.2) is 44.2 Å². The Balaban J connectivity index is 1.92. The highest BCUT2D eigenvalue weighted by atomic mass is 35.5. The van der Waals surface area contributed by atoms with E-state index in [1.807, 2.05) is 18.2 Å². The number of nitrogens with zero attached hydrogens (tertiary/aromatic N) is 1. The van der Waals surface area contributed by atoms with Gasteiger partial charge >= 0.3 is 6.61 Å². The van der Waals surface area contributed by atoms with Crippen LogP contribution in [0.15, 0.2) is 42.5 Å². The van der Waals surface area contributed by atoms with Crippen LogP contribution in [0.4, 0.5) is 8.78 Å². The molecular formula is C19H19ClF2N2O3. The van der Waals surface area contributed by atoms with E-state index < -0.39 is 6.61 Å². The molecule has 0 aliphatic carbocycles. The third-order valence-corrected chi connectivity index (χ3v) is 4.74. The van der Waals surface area contributed by atoms with Crippen LogP contribution in [0.2, 0.25) is 5.02 Å². The van der Waals surface area contributed by atoms with Gasteiger partial charge in [0.25, 0.3) is 5.91 Å². The van der Waals surface area contributed by atoms with Gasteiger partial charge in [0.05, 0.1) is 13.2 Å². The molecule has 1 N–H and O–H groups in total. The summed E-state index contributed by atoms with van der Waals surface area (Å²) in [6.45, 7) is -1.37. The van der Waals surface area contributed by atoms with Gasteiger partial charge in [-0.2, -0.15) is 8.78 Å². The number of benzene rings is 2. The topological polar surface area (TPSA) is 50.8 Å². The minimum Gasteiger partial charge on any atom is -0.493 e. The molecule has 0 spiro atoms. The number of rotatable bonds is 5. The largest absolute Gasteiger partial charge is 0.493 e. The summed E-state index contributed by atoms with van der Waals surface area (Å²) in [6.07, 6.45) is 0. The zero-order valence-electron chi connectivity index (χ0n) is 14.6. The van der Waals surface area contributed by atoms with Gasteiger partial charge in [0.15, 0.2) is 11.5 Å². The summed E-state index contributed by atoms with van der Waals surface area (Å²) in [6, 6.07) is 11.3. The van der Waals surface area contributed by atoms with Crippen molar-refractivity contribution in [2.24, 2.45) is 0 Å². The quantitative estimate of drug-likeness (QED) is 0.836. The number of halogens is 3. The fourth-order valence-corrected chi connectivity index (χ4v) is 3.40. The molecule has 1 saturated heterocycles. The Morgan fingerprint density at radius 1 is 1.26 bits per heavy atom. The summed E-state index contributed by atoms with van der Waals surface area (Å²) in [5, 5.41) is 3.83. The summed E-state index contributed by atoms with van der Waals surface area (Å²) < 4.78 is 34.8. The number of alkyl halides is 2. The summed E-state index contributed by atoms with van der Waals surface area (Å²) in [5.74, 6) is -0.333. The van der Waals surface area contributed by atoms with Gasteiger partial charge in [-0.1, -0.05) is 29.8 Å². The fraction of sp³-hybridized carbons (Fsp3) is 0.316. The van der Waals surface area contributed by atoms with E-state index >= 15 is 0 Å². The van der Waals surface area contributed by atoms with E-state index in [1.54, 1.807) is 11.0 Å². The summed E-state index contributed by atoms with van der Waals surface area (Å²) in [7, 11) is 1.35. The van der Waals surface area contributed by atoms with Gasteiger partial charge in [-0.25, -0.2) is 0 Å². The van der Waals surface area contributed by atoms with Crippen molar-refractivity contribution < 1.29 is 23.0 Å². The van der Waals surface area contributed by atoms with E-state index in [9.17, 15) is 13.6 Å². The molecule has 0 saturated carbocycles. The second kappa shape index (κ2) is 8.54. The Labute approximate surface area is 160 Å². The number of hydrogen-bond acceptors (Lipinski definition) is 4. The Hall–Kier alpha value is -2.38. The van der Waals surface area contributed by atoms with Gasteiger partial charge < -0.3 is 19.7 Å². The highest BCUT2D eigenvalue weighted by Gasteiger charge is 2.30. The molecule has 3 rings (SSSR count). The number of ether oxygens (including phenoxy) is 2. The number of nitrogens with one attached hydrogen (secondary N) is 1. The predicted molar refractivity (Wildman–Crippen MR) is 97.7 cm³/mol. The molecule has 2 aromatic rings. The van der Waals surface area contributed by atoms with E-state index in [0.717, 1.165) is 5.56 Å². The maximum absolute atomic E-state index is 13.1. The average molecular weight is 397 g/mol. The number of carbonyl (C=O) groups is 1. The lowest BCUT2D eigenvalue weighted by atomic mass is 10.0. The number of amides is 1. The van der Waals surface area contributed by atoms with Gasteiger partial charge in [0, 0.05) is 30.2 Å². The summed E-state index contributed by atoms with van der Waals surface area (Å²) >= 11 is 6.31. The van der Waals surface area contributed by atoms with Gasteiger partial charge in [0.1, 0.15) is 0 Å². The molecule has 1 fully saturated rings. The maximum atomic E-state index is 13.1. The van der Waals surface area contributed by atoms with Crippen molar-refractivity contribution in [3.05, 3.63) is 58.6 Å². The van der Waals surface area contributed by atoms with Crippen LogP contribution < -0.4 is 14.8 Å². The zero-order valence-corrected chi connectivity index (χ0v) is 15.4. The van der Waals surface area contributed by atoms with Gasteiger partial charge in [0.2, 0.25) is 0 Å².